The lowest BCUT2D eigenvalue weighted by atomic mass is 10.1. The summed E-state index contributed by atoms with van der Waals surface area (Å²) in [6, 6.07) is 11.9. The molecule has 0 saturated heterocycles. The van der Waals surface area contributed by atoms with Crippen molar-refractivity contribution >= 4 is 16.9 Å². The van der Waals surface area contributed by atoms with Crippen LogP contribution in [0.4, 0.5) is 0 Å². The first-order valence-electron chi connectivity index (χ1n) is 6.97. The van der Waals surface area contributed by atoms with E-state index < -0.39 is 5.97 Å². The number of fused-ring (bicyclic) bond motifs is 1. The van der Waals surface area contributed by atoms with E-state index in [9.17, 15) is 9.59 Å². The van der Waals surface area contributed by atoms with Crippen LogP contribution in [0.1, 0.15) is 6.92 Å². The van der Waals surface area contributed by atoms with E-state index in [1.54, 1.807) is 31.4 Å². The van der Waals surface area contributed by atoms with Gasteiger partial charge in [-0.1, -0.05) is 12.1 Å². The summed E-state index contributed by atoms with van der Waals surface area (Å²) in [6.07, 6.45) is 1.40. The van der Waals surface area contributed by atoms with Gasteiger partial charge in [0.1, 0.15) is 23.3 Å². The highest BCUT2D eigenvalue weighted by molar-refractivity contribution is 5.83. The summed E-state index contributed by atoms with van der Waals surface area (Å²) in [7, 11) is 1.57. The first-order chi connectivity index (χ1) is 11.1. The standard InChI is InChI=1S/C18H14O5/c1-11(19)23-14-6-7-15-17(9-14)22-10-16(18(15)20)12-4-3-5-13(8-12)21-2/h3-10H,1-2H3. The quantitative estimate of drug-likeness (QED) is 0.548. The summed E-state index contributed by atoms with van der Waals surface area (Å²) in [5, 5.41) is 0.418. The van der Waals surface area contributed by atoms with Crippen LogP contribution in [0, 0.1) is 0 Å². The fourth-order valence-corrected chi connectivity index (χ4v) is 2.33. The van der Waals surface area contributed by atoms with Crippen molar-refractivity contribution < 1.29 is 18.7 Å². The summed E-state index contributed by atoms with van der Waals surface area (Å²) >= 11 is 0. The van der Waals surface area contributed by atoms with E-state index in [2.05, 4.69) is 0 Å². The molecule has 0 radical (unpaired) electrons. The average Bonchev–Trinajstić information content (AvgIpc) is 2.54. The summed E-state index contributed by atoms with van der Waals surface area (Å²) in [5.41, 5.74) is 1.36. The van der Waals surface area contributed by atoms with Crippen LogP contribution in [-0.4, -0.2) is 13.1 Å². The van der Waals surface area contributed by atoms with E-state index in [0.717, 1.165) is 0 Å². The van der Waals surface area contributed by atoms with Gasteiger partial charge in [0, 0.05) is 13.0 Å². The van der Waals surface area contributed by atoms with Gasteiger partial charge in [-0.3, -0.25) is 9.59 Å². The van der Waals surface area contributed by atoms with Gasteiger partial charge >= 0.3 is 5.97 Å². The molecule has 0 spiro atoms. The van der Waals surface area contributed by atoms with Gasteiger partial charge in [0.25, 0.3) is 0 Å². The molecule has 0 fully saturated rings. The predicted molar refractivity (Wildman–Crippen MR) is 85.8 cm³/mol. The maximum atomic E-state index is 12.7. The van der Waals surface area contributed by atoms with E-state index in [-0.39, 0.29) is 5.43 Å². The Morgan fingerprint density at radius 2 is 1.91 bits per heavy atom. The minimum atomic E-state index is -0.431. The molecule has 3 aromatic rings. The zero-order valence-electron chi connectivity index (χ0n) is 12.7. The van der Waals surface area contributed by atoms with Crippen molar-refractivity contribution in [2.24, 2.45) is 0 Å². The molecule has 3 rings (SSSR count). The van der Waals surface area contributed by atoms with Crippen molar-refractivity contribution in [2.75, 3.05) is 7.11 Å². The number of hydrogen-bond donors (Lipinski definition) is 0. The third-order valence-corrected chi connectivity index (χ3v) is 3.39. The van der Waals surface area contributed by atoms with Crippen molar-refractivity contribution in [3.05, 3.63) is 59.0 Å². The smallest absolute Gasteiger partial charge is 0.308 e. The van der Waals surface area contributed by atoms with Crippen molar-refractivity contribution in [3.63, 3.8) is 0 Å². The molecule has 116 valence electrons. The van der Waals surface area contributed by atoms with Gasteiger partial charge in [-0.2, -0.15) is 0 Å². The third kappa shape index (κ3) is 2.94. The van der Waals surface area contributed by atoms with Gasteiger partial charge in [-0.15, -0.1) is 0 Å². The molecule has 0 aliphatic carbocycles. The SMILES string of the molecule is COc1cccc(-c2coc3cc(OC(C)=O)ccc3c2=O)c1. The number of carbonyl (C=O) groups excluding carboxylic acids is 1. The summed E-state index contributed by atoms with van der Waals surface area (Å²) in [4.78, 5) is 23.6. The first-order valence-corrected chi connectivity index (χ1v) is 6.97. The van der Waals surface area contributed by atoms with E-state index in [1.165, 1.54) is 19.3 Å². The molecule has 0 bridgehead atoms. The van der Waals surface area contributed by atoms with Crippen LogP contribution in [0.2, 0.25) is 0 Å². The third-order valence-electron chi connectivity index (χ3n) is 3.39. The molecule has 0 unspecified atom stereocenters. The van der Waals surface area contributed by atoms with E-state index in [0.29, 0.717) is 33.6 Å². The highest BCUT2D eigenvalue weighted by Crippen LogP contribution is 2.25. The zero-order valence-corrected chi connectivity index (χ0v) is 12.7. The number of esters is 1. The molecule has 0 aliphatic rings. The van der Waals surface area contributed by atoms with Crippen molar-refractivity contribution in [1.82, 2.24) is 0 Å². The van der Waals surface area contributed by atoms with Crippen LogP contribution in [0.3, 0.4) is 0 Å². The summed E-state index contributed by atoms with van der Waals surface area (Å²) in [5.74, 6) is 0.564. The van der Waals surface area contributed by atoms with Crippen molar-refractivity contribution in [1.29, 1.82) is 0 Å². The Hall–Kier alpha value is -3.08. The fourth-order valence-electron chi connectivity index (χ4n) is 2.33. The van der Waals surface area contributed by atoms with Gasteiger partial charge < -0.3 is 13.9 Å². The minimum Gasteiger partial charge on any atom is -0.497 e. The predicted octanol–water partition coefficient (Wildman–Crippen LogP) is 3.39. The Labute approximate surface area is 132 Å². The van der Waals surface area contributed by atoms with Crippen LogP contribution in [-0.2, 0) is 4.79 Å². The molecule has 1 aromatic heterocycles. The van der Waals surface area contributed by atoms with Gasteiger partial charge in [0.15, 0.2) is 5.43 Å². The molecule has 2 aromatic carbocycles. The molecule has 0 N–H and O–H groups in total. The van der Waals surface area contributed by atoms with Gasteiger partial charge in [-0.25, -0.2) is 0 Å². The number of ether oxygens (including phenoxy) is 2. The van der Waals surface area contributed by atoms with Crippen LogP contribution in [0.5, 0.6) is 11.5 Å². The molecule has 0 saturated carbocycles. The Bertz CT molecular complexity index is 940. The summed E-state index contributed by atoms with van der Waals surface area (Å²) in [6.45, 7) is 1.31. The zero-order chi connectivity index (χ0) is 16.4. The lowest BCUT2D eigenvalue weighted by molar-refractivity contribution is -0.131. The Morgan fingerprint density at radius 1 is 1.09 bits per heavy atom. The van der Waals surface area contributed by atoms with Gasteiger partial charge in [0.2, 0.25) is 0 Å². The molecule has 0 aliphatic heterocycles. The maximum Gasteiger partial charge on any atom is 0.308 e. The van der Waals surface area contributed by atoms with Gasteiger partial charge in [-0.05, 0) is 29.8 Å². The number of rotatable bonds is 3. The minimum absolute atomic E-state index is 0.158. The van der Waals surface area contributed by atoms with Crippen molar-refractivity contribution in [3.8, 4) is 22.6 Å². The molecule has 5 nitrogen and oxygen atoms in total. The Kier molecular flexibility index (Phi) is 3.85. The van der Waals surface area contributed by atoms with Crippen LogP contribution in [0.15, 0.2) is 57.9 Å². The second-order valence-electron chi connectivity index (χ2n) is 4.96. The monoisotopic (exact) mass is 310 g/mol. The largest absolute Gasteiger partial charge is 0.497 e. The van der Waals surface area contributed by atoms with E-state index in [4.69, 9.17) is 13.9 Å². The maximum absolute atomic E-state index is 12.7. The fraction of sp³-hybridized carbons (Fsp3) is 0.111. The normalized spacial score (nSPS) is 10.5. The lowest BCUT2D eigenvalue weighted by Crippen LogP contribution is -2.06. The van der Waals surface area contributed by atoms with E-state index in [1.807, 2.05) is 12.1 Å². The molecule has 0 amide bonds. The van der Waals surface area contributed by atoms with Crippen LogP contribution < -0.4 is 14.9 Å². The lowest BCUT2D eigenvalue weighted by Gasteiger charge is -2.06. The topological polar surface area (TPSA) is 65.7 Å². The highest BCUT2D eigenvalue weighted by atomic mass is 16.5. The van der Waals surface area contributed by atoms with E-state index >= 15 is 0 Å². The number of methoxy groups -OCH3 is 1. The average molecular weight is 310 g/mol. The van der Waals surface area contributed by atoms with Crippen molar-refractivity contribution in [2.45, 2.75) is 6.92 Å². The van der Waals surface area contributed by atoms with Gasteiger partial charge in [0.05, 0.1) is 18.1 Å². The molecular weight excluding hydrogens is 296 g/mol. The molecular formula is C18H14O5. The molecule has 0 atom stereocenters. The Morgan fingerprint density at radius 3 is 2.65 bits per heavy atom. The molecule has 5 heteroatoms. The second-order valence-corrected chi connectivity index (χ2v) is 4.96. The highest BCUT2D eigenvalue weighted by Gasteiger charge is 2.11. The number of hydrogen-bond acceptors (Lipinski definition) is 5. The number of carbonyl (C=O) groups is 1. The first kappa shape index (κ1) is 14.8. The summed E-state index contributed by atoms with van der Waals surface area (Å²) < 4.78 is 15.7. The second kappa shape index (κ2) is 5.96. The molecule has 1 heterocycles. The number of benzene rings is 2. The molecule has 23 heavy (non-hydrogen) atoms. The Balaban J connectivity index is 2.12. The van der Waals surface area contributed by atoms with Crippen LogP contribution in [0.25, 0.3) is 22.1 Å². The van der Waals surface area contributed by atoms with Crippen LogP contribution >= 0.6 is 0 Å².